The Morgan fingerprint density at radius 1 is 1.29 bits per heavy atom. The second-order valence-corrected chi connectivity index (χ2v) is 8.84. The normalized spacial score (nSPS) is 16.4. The van der Waals surface area contributed by atoms with E-state index in [-0.39, 0.29) is 5.91 Å². The fourth-order valence-corrected chi connectivity index (χ4v) is 5.04. The third-order valence-electron chi connectivity index (χ3n) is 5.46. The highest BCUT2D eigenvalue weighted by Gasteiger charge is 2.27. The van der Waals surface area contributed by atoms with Crippen molar-refractivity contribution in [2.45, 2.75) is 52.4 Å². The van der Waals surface area contributed by atoms with Crippen molar-refractivity contribution >= 4 is 34.2 Å². The SMILES string of the molecule is CCC1CCc2c(sc(NC(=O)C=Cc3ccc(C(C)C)cc3)c2C(N)=O)C1. The third kappa shape index (κ3) is 4.53. The Morgan fingerprint density at radius 3 is 2.61 bits per heavy atom. The molecule has 0 bridgehead atoms. The molecule has 0 radical (unpaired) electrons. The number of nitrogens with two attached hydrogens (primary N) is 1. The van der Waals surface area contributed by atoms with E-state index in [0.29, 0.717) is 22.4 Å². The number of rotatable bonds is 6. The summed E-state index contributed by atoms with van der Waals surface area (Å²) in [4.78, 5) is 25.6. The first-order valence-corrected chi connectivity index (χ1v) is 10.7. The number of benzene rings is 1. The molecular formula is C23H28N2O2S. The van der Waals surface area contributed by atoms with Gasteiger partial charge in [0.05, 0.1) is 5.56 Å². The molecule has 1 aromatic heterocycles. The van der Waals surface area contributed by atoms with Crippen LogP contribution in [-0.2, 0) is 17.6 Å². The van der Waals surface area contributed by atoms with Crippen LogP contribution in [0.5, 0.6) is 0 Å². The van der Waals surface area contributed by atoms with E-state index < -0.39 is 5.91 Å². The molecule has 2 aromatic rings. The molecule has 1 aromatic carbocycles. The van der Waals surface area contributed by atoms with Crippen molar-refractivity contribution in [2.24, 2.45) is 11.7 Å². The van der Waals surface area contributed by atoms with E-state index in [1.54, 1.807) is 6.08 Å². The highest BCUT2D eigenvalue weighted by molar-refractivity contribution is 7.17. The van der Waals surface area contributed by atoms with Crippen molar-refractivity contribution < 1.29 is 9.59 Å². The molecule has 1 aliphatic carbocycles. The molecular weight excluding hydrogens is 368 g/mol. The Bertz CT molecular complexity index is 894. The average molecular weight is 397 g/mol. The van der Waals surface area contributed by atoms with E-state index in [0.717, 1.165) is 36.8 Å². The van der Waals surface area contributed by atoms with Crippen molar-refractivity contribution in [1.29, 1.82) is 0 Å². The molecule has 1 unspecified atom stereocenters. The van der Waals surface area contributed by atoms with Crippen molar-refractivity contribution in [3.05, 3.63) is 57.5 Å². The number of carbonyl (C=O) groups excluding carboxylic acids is 2. The number of anilines is 1. The topological polar surface area (TPSA) is 72.2 Å². The highest BCUT2D eigenvalue weighted by atomic mass is 32.1. The van der Waals surface area contributed by atoms with Gasteiger partial charge < -0.3 is 11.1 Å². The number of fused-ring (bicyclic) bond motifs is 1. The molecule has 0 fully saturated rings. The van der Waals surface area contributed by atoms with E-state index >= 15 is 0 Å². The van der Waals surface area contributed by atoms with Crippen LogP contribution in [0.1, 0.15) is 71.5 Å². The summed E-state index contributed by atoms with van der Waals surface area (Å²) in [6.45, 7) is 6.50. The Morgan fingerprint density at radius 2 is 2.00 bits per heavy atom. The molecule has 148 valence electrons. The maximum Gasteiger partial charge on any atom is 0.251 e. The summed E-state index contributed by atoms with van der Waals surface area (Å²) in [5, 5.41) is 3.46. The molecule has 1 atom stereocenters. The molecule has 0 aliphatic heterocycles. The lowest BCUT2D eigenvalue weighted by atomic mass is 9.85. The zero-order valence-electron chi connectivity index (χ0n) is 16.7. The fraction of sp³-hybridized carbons (Fsp3) is 0.391. The first-order valence-electron chi connectivity index (χ1n) is 9.92. The molecule has 0 spiro atoms. The summed E-state index contributed by atoms with van der Waals surface area (Å²) >= 11 is 1.50. The number of hydrogen-bond acceptors (Lipinski definition) is 3. The standard InChI is InChI=1S/C23H28N2O2S/c1-4-15-7-11-18-19(13-15)28-23(21(18)22(24)27)25-20(26)12-8-16-5-9-17(10-6-16)14(2)3/h5-6,8-10,12,14-15H,4,7,11,13H2,1-3H3,(H2,24,27)(H,25,26). The van der Waals surface area contributed by atoms with Crippen LogP contribution in [0.3, 0.4) is 0 Å². The Balaban J connectivity index is 1.75. The minimum absolute atomic E-state index is 0.249. The molecule has 4 nitrogen and oxygen atoms in total. The van der Waals surface area contributed by atoms with Crippen LogP contribution >= 0.6 is 11.3 Å². The zero-order valence-corrected chi connectivity index (χ0v) is 17.6. The van der Waals surface area contributed by atoms with E-state index in [4.69, 9.17) is 5.73 Å². The van der Waals surface area contributed by atoms with Crippen LogP contribution in [0.25, 0.3) is 6.08 Å². The maximum atomic E-state index is 12.4. The van der Waals surface area contributed by atoms with E-state index in [2.05, 4.69) is 38.2 Å². The average Bonchev–Trinajstić information content (AvgIpc) is 3.03. The summed E-state index contributed by atoms with van der Waals surface area (Å²) in [7, 11) is 0. The number of nitrogens with one attached hydrogen (secondary N) is 1. The van der Waals surface area contributed by atoms with Gasteiger partial charge in [-0.25, -0.2) is 0 Å². The monoisotopic (exact) mass is 396 g/mol. The number of carbonyl (C=O) groups is 2. The second-order valence-electron chi connectivity index (χ2n) is 7.73. The smallest absolute Gasteiger partial charge is 0.251 e. The summed E-state index contributed by atoms with van der Waals surface area (Å²) in [5.74, 6) is 0.409. The molecule has 3 N–H and O–H groups in total. The molecule has 28 heavy (non-hydrogen) atoms. The van der Waals surface area contributed by atoms with Gasteiger partial charge in [-0.1, -0.05) is 51.5 Å². The molecule has 1 heterocycles. The van der Waals surface area contributed by atoms with E-state index in [1.807, 2.05) is 12.1 Å². The molecule has 1 aliphatic rings. The Hall–Kier alpha value is -2.40. The predicted molar refractivity (Wildman–Crippen MR) is 117 cm³/mol. The van der Waals surface area contributed by atoms with Gasteiger partial charge in [-0.05, 0) is 53.9 Å². The van der Waals surface area contributed by atoms with Gasteiger partial charge in [0.2, 0.25) is 5.91 Å². The number of hydrogen-bond donors (Lipinski definition) is 2. The first kappa shape index (κ1) is 20.3. The molecule has 3 rings (SSSR count). The largest absolute Gasteiger partial charge is 0.365 e. The fourth-order valence-electron chi connectivity index (χ4n) is 3.67. The maximum absolute atomic E-state index is 12.4. The molecule has 2 amide bonds. The van der Waals surface area contributed by atoms with Gasteiger partial charge in [0.1, 0.15) is 5.00 Å². The highest BCUT2D eigenvalue weighted by Crippen LogP contribution is 2.40. The van der Waals surface area contributed by atoms with Crippen LogP contribution in [0.4, 0.5) is 5.00 Å². The van der Waals surface area contributed by atoms with Crippen LogP contribution < -0.4 is 11.1 Å². The van der Waals surface area contributed by atoms with Crippen LogP contribution in [-0.4, -0.2) is 11.8 Å². The van der Waals surface area contributed by atoms with Crippen LogP contribution in [0, 0.1) is 5.92 Å². The van der Waals surface area contributed by atoms with Gasteiger partial charge in [-0.15, -0.1) is 11.3 Å². The summed E-state index contributed by atoms with van der Waals surface area (Å²) in [6.07, 6.45) is 7.30. The Kier molecular flexibility index (Phi) is 6.35. The Labute approximate surface area is 170 Å². The van der Waals surface area contributed by atoms with Crippen molar-refractivity contribution in [3.8, 4) is 0 Å². The molecule has 0 saturated heterocycles. The zero-order chi connectivity index (χ0) is 20.3. The van der Waals surface area contributed by atoms with E-state index in [9.17, 15) is 9.59 Å². The number of amides is 2. The van der Waals surface area contributed by atoms with Crippen molar-refractivity contribution in [2.75, 3.05) is 5.32 Å². The lowest BCUT2D eigenvalue weighted by Crippen LogP contribution is -2.19. The molecule has 0 saturated carbocycles. The van der Waals surface area contributed by atoms with Gasteiger partial charge in [0.25, 0.3) is 5.91 Å². The lowest BCUT2D eigenvalue weighted by molar-refractivity contribution is -0.111. The summed E-state index contributed by atoms with van der Waals surface area (Å²) < 4.78 is 0. The van der Waals surface area contributed by atoms with Gasteiger partial charge >= 0.3 is 0 Å². The first-order chi connectivity index (χ1) is 13.4. The van der Waals surface area contributed by atoms with E-state index in [1.165, 1.54) is 27.9 Å². The van der Waals surface area contributed by atoms with Crippen LogP contribution in [0.2, 0.25) is 0 Å². The van der Waals surface area contributed by atoms with Crippen molar-refractivity contribution in [3.63, 3.8) is 0 Å². The summed E-state index contributed by atoms with van der Waals surface area (Å²) in [6, 6.07) is 8.15. The minimum atomic E-state index is -0.462. The molecule has 5 heteroatoms. The summed E-state index contributed by atoms with van der Waals surface area (Å²) in [5.41, 5.74) is 9.39. The van der Waals surface area contributed by atoms with Gasteiger partial charge in [0.15, 0.2) is 0 Å². The second kappa shape index (κ2) is 8.74. The van der Waals surface area contributed by atoms with Gasteiger partial charge in [-0.2, -0.15) is 0 Å². The van der Waals surface area contributed by atoms with Gasteiger partial charge in [0, 0.05) is 11.0 Å². The predicted octanol–water partition coefficient (Wildman–Crippen LogP) is 5.14. The number of thiophene rings is 1. The third-order valence-corrected chi connectivity index (χ3v) is 6.63. The lowest BCUT2D eigenvalue weighted by Gasteiger charge is -2.20. The minimum Gasteiger partial charge on any atom is -0.365 e. The van der Waals surface area contributed by atoms with Crippen LogP contribution in [0.15, 0.2) is 30.3 Å². The van der Waals surface area contributed by atoms with Crippen molar-refractivity contribution in [1.82, 2.24) is 0 Å². The number of primary amides is 1. The quantitative estimate of drug-likeness (QED) is 0.664. The van der Waals surface area contributed by atoms with Gasteiger partial charge in [-0.3, -0.25) is 9.59 Å².